The minimum Gasteiger partial charge on any atom is -0.490 e. The molecule has 1 N–H and O–H groups in total. The third kappa shape index (κ3) is 7.72. The number of rotatable bonds is 5. The Hall–Kier alpha value is -4.05. The standard InChI is InChI=1S/C31H35N3O4/c1-5-29(35)33-21-23-7-9-24-8-6-22(18-25(24)19-23)20-32-26-10-12-27(13-11-26)37-28-14-16-34(17-15-28)30(36)38-31(2,3)4/h6-13,18-19,28H,5,14-17,21H2,1-4H3/p+1. The van der Waals surface area contributed by atoms with Gasteiger partial charge in [-0.1, -0.05) is 25.1 Å². The number of ether oxygens (including phenoxy) is 2. The van der Waals surface area contributed by atoms with E-state index >= 15 is 0 Å². The van der Waals surface area contributed by atoms with Gasteiger partial charge in [-0.15, -0.1) is 0 Å². The van der Waals surface area contributed by atoms with E-state index in [1.165, 1.54) is 0 Å². The molecule has 0 aromatic heterocycles. The summed E-state index contributed by atoms with van der Waals surface area (Å²) in [5.41, 5.74) is 2.23. The molecular weight excluding hydrogens is 478 g/mol. The Morgan fingerprint density at radius 2 is 1.71 bits per heavy atom. The molecule has 3 aromatic carbocycles. The second-order valence-electron chi connectivity index (χ2n) is 10.5. The Balaban J connectivity index is 1.32. The molecular formula is C31H36N3O4+. The van der Waals surface area contributed by atoms with Gasteiger partial charge in [0.05, 0.1) is 0 Å². The Bertz CT molecular complexity index is 1340. The minimum atomic E-state index is -0.488. The van der Waals surface area contributed by atoms with Gasteiger partial charge in [-0.2, -0.15) is 0 Å². The lowest BCUT2D eigenvalue weighted by atomic mass is 10.0. The topological polar surface area (TPSA) is 72.2 Å². The van der Waals surface area contributed by atoms with Gasteiger partial charge in [0.2, 0.25) is 5.91 Å². The predicted octanol–water partition coefficient (Wildman–Crippen LogP) is 6.66. The molecule has 198 valence electrons. The highest BCUT2D eigenvalue weighted by Gasteiger charge is 2.27. The second-order valence-corrected chi connectivity index (χ2v) is 10.5. The van der Waals surface area contributed by atoms with Crippen LogP contribution >= 0.6 is 0 Å². The molecule has 0 saturated carbocycles. The van der Waals surface area contributed by atoms with E-state index in [1.807, 2.05) is 76.2 Å². The number of amides is 2. The van der Waals surface area contributed by atoms with E-state index in [0.717, 1.165) is 46.2 Å². The minimum absolute atomic E-state index is 0.0410. The first-order valence-corrected chi connectivity index (χ1v) is 13.2. The van der Waals surface area contributed by atoms with E-state index in [9.17, 15) is 9.59 Å². The average Bonchev–Trinajstić information content (AvgIpc) is 2.90. The van der Waals surface area contributed by atoms with Gasteiger partial charge < -0.3 is 19.7 Å². The summed E-state index contributed by atoms with van der Waals surface area (Å²) in [4.78, 5) is 30.1. The molecule has 1 aliphatic heterocycles. The zero-order valence-corrected chi connectivity index (χ0v) is 22.6. The summed E-state index contributed by atoms with van der Waals surface area (Å²) in [6, 6.07) is 23.0. The van der Waals surface area contributed by atoms with Crippen LogP contribution in [0.15, 0.2) is 60.7 Å². The van der Waals surface area contributed by atoms with Crippen LogP contribution in [0.2, 0.25) is 0 Å². The summed E-state index contributed by atoms with van der Waals surface area (Å²) in [5.74, 6) is 0.826. The number of carbonyl (C=O) groups excluding carboxylic acids is 2. The molecule has 7 heteroatoms. The zero-order chi connectivity index (χ0) is 27.1. The third-order valence-corrected chi connectivity index (χ3v) is 6.26. The van der Waals surface area contributed by atoms with Gasteiger partial charge in [0.25, 0.3) is 0 Å². The zero-order valence-electron chi connectivity index (χ0n) is 22.6. The number of nitrogens with one attached hydrogen (secondary N) is 1. The molecule has 38 heavy (non-hydrogen) atoms. The van der Waals surface area contributed by atoms with Crippen molar-refractivity contribution in [3.63, 3.8) is 0 Å². The molecule has 7 nitrogen and oxygen atoms in total. The van der Waals surface area contributed by atoms with Crippen LogP contribution < -0.4 is 10.1 Å². The normalized spacial score (nSPS) is 13.9. The summed E-state index contributed by atoms with van der Waals surface area (Å²) in [7, 11) is 0. The van der Waals surface area contributed by atoms with Crippen molar-refractivity contribution in [2.24, 2.45) is 0 Å². The van der Waals surface area contributed by atoms with Crippen LogP contribution in [-0.2, 0) is 16.1 Å². The van der Waals surface area contributed by atoms with Crippen molar-refractivity contribution in [2.45, 2.75) is 65.2 Å². The van der Waals surface area contributed by atoms with Crippen molar-refractivity contribution < 1.29 is 19.1 Å². The number of hydrogen-bond acceptors (Lipinski definition) is 4. The van der Waals surface area contributed by atoms with Crippen molar-refractivity contribution in [1.29, 1.82) is 0 Å². The fourth-order valence-corrected chi connectivity index (χ4v) is 4.20. The van der Waals surface area contributed by atoms with Gasteiger partial charge in [0.1, 0.15) is 23.0 Å². The summed E-state index contributed by atoms with van der Waals surface area (Å²) >= 11 is 0. The number of hydrogen-bond donors (Lipinski definition) is 1. The van der Waals surface area contributed by atoms with E-state index in [-0.39, 0.29) is 18.1 Å². The summed E-state index contributed by atoms with van der Waals surface area (Å²) < 4.78 is 11.6. The average molecular weight is 515 g/mol. The summed E-state index contributed by atoms with van der Waals surface area (Å²) in [6.45, 7) is 9.24. The SMILES string of the molecule is CCC(=O)NCc1ccc2ccc(C#[N+]c3ccc(OC4CCN(C(=O)OC(C)(C)C)CC4)cc3)cc2c1. The van der Waals surface area contributed by atoms with Crippen LogP contribution in [0.4, 0.5) is 10.5 Å². The van der Waals surface area contributed by atoms with Crippen molar-refractivity contribution in [2.75, 3.05) is 13.1 Å². The largest absolute Gasteiger partial charge is 0.490 e. The van der Waals surface area contributed by atoms with Crippen molar-refractivity contribution in [1.82, 2.24) is 10.2 Å². The molecule has 0 spiro atoms. The first-order valence-electron chi connectivity index (χ1n) is 13.2. The highest BCUT2D eigenvalue weighted by atomic mass is 16.6. The van der Waals surface area contributed by atoms with Gasteiger partial charge >= 0.3 is 17.8 Å². The molecule has 1 fully saturated rings. The smallest absolute Gasteiger partial charge is 0.410 e. The van der Waals surface area contributed by atoms with E-state index < -0.39 is 5.60 Å². The van der Waals surface area contributed by atoms with Crippen LogP contribution in [0.5, 0.6) is 5.75 Å². The molecule has 0 aliphatic carbocycles. The monoisotopic (exact) mass is 514 g/mol. The van der Waals surface area contributed by atoms with Crippen LogP contribution in [0, 0.1) is 6.07 Å². The summed E-state index contributed by atoms with van der Waals surface area (Å²) in [6.07, 6.45) is 1.81. The number of benzene rings is 3. The number of piperidine rings is 1. The maximum atomic E-state index is 12.3. The lowest BCUT2D eigenvalue weighted by molar-refractivity contribution is -0.120. The van der Waals surface area contributed by atoms with Gasteiger partial charge in [-0.25, -0.2) is 4.79 Å². The second kappa shape index (κ2) is 12.0. The van der Waals surface area contributed by atoms with Gasteiger partial charge in [0, 0.05) is 51.0 Å². The first kappa shape index (κ1) is 27.0. The number of carbonyl (C=O) groups is 2. The highest BCUT2D eigenvalue weighted by Crippen LogP contribution is 2.24. The molecule has 0 bridgehead atoms. The molecule has 0 atom stereocenters. The van der Waals surface area contributed by atoms with Crippen molar-refractivity contribution in [3.05, 3.63) is 76.6 Å². The maximum absolute atomic E-state index is 12.3. The first-order chi connectivity index (χ1) is 18.2. The lowest BCUT2D eigenvalue weighted by Crippen LogP contribution is -2.44. The summed E-state index contributed by atoms with van der Waals surface area (Å²) in [5, 5.41) is 5.12. The number of likely N-dealkylation sites (tertiary alicyclic amines) is 1. The molecule has 1 heterocycles. The fraction of sp³-hybridized carbons (Fsp3) is 0.387. The number of fused-ring (bicyclic) bond motifs is 1. The van der Waals surface area contributed by atoms with Crippen LogP contribution in [0.1, 0.15) is 58.1 Å². The molecule has 0 radical (unpaired) electrons. The molecule has 4 rings (SSSR count). The van der Waals surface area contributed by atoms with E-state index in [1.54, 1.807) is 4.90 Å². The molecule has 1 aliphatic rings. The Kier molecular flexibility index (Phi) is 8.52. The Labute approximate surface area is 224 Å². The highest BCUT2D eigenvalue weighted by molar-refractivity contribution is 5.84. The quantitative estimate of drug-likeness (QED) is 0.413. The van der Waals surface area contributed by atoms with E-state index in [2.05, 4.69) is 28.4 Å². The predicted molar refractivity (Wildman–Crippen MR) is 150 cm³/mol. The van der Waals surface area contributed by atoms with Gasteiger partial charge in [-0.3, -0.25) is 4.79 Å². The number of nitrogens with zero attached hydrogens (tertiary/aromatic N) is 2. The van der Waals surface area contributed by atoms with Crippen molar-refractivity contribution in [3.8, 4) is 11.8 Å². The Morgan fingerprint density at radius 1 is 1.00 bits per heavy atom. The maximum Gasteiger partial charge on any atom is 0.410 e. The third-order valence-electron chi connectivity index (χ3n) is 6.26. The molecule has 3 aromatic rings. The van der Waals surface area contributed by atoms with Crippen molar-refractivity contribution >= 4 is 28.5 Å². The fourth-order valence-electron chi connectivity index (χ4n) is 4.20. The molecule has 2 amide bonds. The van der Waals surface area contributed by atoms with Crippen LogP contribution in [0.25, 0.3) is 15.6 Å². The van der Waals surface area contributed by atoms with E-state index in [0.29, 0.717) is 26.1 Å². The van der Waals surface area contributed by atoms with Gasteiger partial charge in [-0.05, 0) is 72.3 Å². The lowest BCUT2D eigenvalue weighted by Gasteiger charge is -2.33. The van der Waals surface area contributed by atoms with Gasteiger partial charge in [0.15, 0.2) is 0 Å². The Morgan fingerprint density at radius 3 is 2.39 bits per heavy atom. The van der Waals surface area contributed by atoms with E-state index in [4.69, 9.17) is 9.47 Å². The molecule has 0 unspecified atom stereocenters. The molecule has 1 saturated heterocycles. The van der Waals surface area contributed by atoms with Crippen LogP contribution in [0.3, 0.4) is 0 Å². The van der Waals surface area contributed by atoms with Crippen LogP contribution in [-0.4, -0.2) is 41.7 Å².